The fourth-order valence-electron chi connectivity index (χ4n) is 1.78. The quantitative estimate of drug-likeness (QED) is 0.565. The number of nitrogens with zero attached hydrogens (tertiary/aromatic N) is 1. The van der Waals surface area contributed by atoms with E-state index in [2.05, 4.69) is 15.6 Å². The van der Waals surface area contributed by atoms with Gasteiger partial charge < -0.3 is 15.0 Å². The van der Waals surface area contributed by atoms with Crippen molar-refractivity contribution >= 4 is 28.3 Å². The Kier molecular flexibility index (Phi) is 5.25. The largest absolute Gasteiger partial charge is 0.370 e. The number of morpholine rings is 1. The van der Waals surface area contributed by atoms with Crippen molar-refractivity contribution in [2.75, 3.05) is 44.7 Å². The molecule has 19 heavy (non-hydrogen) atoms. The van der Waals surface area contributed by atoms with Gasteiger partial charge in [-0.25, -0.2) is 4.98 Å². The summed E-state index contributed by atoms with van der Waals surface area (Å²) in [7, 11) is 0. The number of carbonyl (C=O) groups excluding carboxylic acids is 2. The lowest BCUT2D eigenvalue weighted by molar-refractivity contribution is -0.906. The van der Waals surface area contributed by atoms with Gasteiger partial charge in [-0.1, -0.05) is 0 Å². The molecule has 1 saturated heterocycles. The van der Waals surface area contributed by atoms with Gasteiger partial charge in [0.15, 0.2) is 5.13 Å². The highest BCUT2D eigenvalue weighted by Crippen LogP contribution is 2.09. The van der Waals surface area contributed by atoms with Gasteiger partial charge in [0.25, 0.3) is 0 Å². The molecule has 1 aliphatic heterocycles. The highest BCUT2D eigenvalue weighted by Gasteiger charge is 2.17. The predicted octanol–water partition coefficient (Wildman–Crippen LogP) is -1.89. The van der Waals surface area contributed by atoms with E-state index in [1.165, 1.54) is 16.2 Å². The van der Waals surface area contributed by atoms with Crippen molar-refractivity contribution in [1.82, 2.24) is 10.3 Å². The van der Waals surface area contributed by atoms with Crippen LogP contribution in [0.2, 0.25) is 0 Å². The summed E-state index contributed by atoms with van der Waals surface area (Å²) in [5.41, 5.74) is 0. The zero-order valence-electron chi connectivity index (χ0n) is 10.5. The minimum absolute atomic E-state index is 0.430. The third-order valence-corrected chi connectivity index (χ3v) is 3.51. The number of thiazole rings is 1. The van der Waals surface area contributed by atoms with Gasteiger partial charge >= 0.3 is 11.8 Å². The summed E-state index contributed by atoms with van der Waals surface area (Å²) in [6.45, 7) is 4.70. The molecule has 0 atom stereocenters. The first kappa shape index (κ1) is 13.9. The second-order valence-electron chi connectivity index (χ2n) is 4.16. The van der Waals surface area contributed by atoms with Crippen molar-refractivity contribution in [3.05, 3.63) is 11.6 Å². The maximum atomic E-state index is 11.5. The lowest BCUT2D eigenvalue weighted by Gasteiger charge is -2.23. The highest BCUT2D eigenvalue weighted by atomic mass is 32.1. The Morgan fingerprint density at radius 1 is 1.37 bits per heavy atom. The smallest absolute Gasteiger partial charge is 0.315 e. The van der Waals surface area contributed by atoms with Gasteiger partial charge in [0.1, 0.15) is 13.1 Å². The number of carbonyl (C=O) groups is 2. The Bertz CT molecular complexity index is 418. The monoisotopic (exact) mass is 285 g/mol. The van der Waals surface area contributed by atoms with E-state index < -0.39 is 11.8 Å². The van der Waals surface area contributed by atoms with Crippen LogP contribution in [-0.2, 0) is 14.3 Å². The van der Waals surface area contributed by atoms with Gasteiger partial charge in [-0.15, -0.1) is 11.3 Å². The molecule has 7 nitrogen and oxygen atoms in total. The minimum Gasteiger partial charge on any atom is -0.370 e. The van der Waals surface area contributed by atoms with Crippen molar-refractivity contribution < 1.29 is 19.2 Å². The van der Waals surface area contributed by atoms with E-state index in [-0.39, 0.29) is 0 Å². The van der Waals surface area contributed by atoms with Gasteiger partial charge in [0, 0.05) is 11.6 Å². The van der Waals surface area contributed by atoms with Crippen LogP contribution < -0.4 is 15.5 Å². The normalized spacial score (nSPS) is 16.0. The van der Waals surface area contributed by atoms with E-state index in [0.717, 1.165) is 32.8 Å². The summed E-state index contributed by atoms with van der Waals surface area (Å²) < 4.78 is 5.25. The molecule has 1 aromatic heterocycles. The average Bonchev–Trinajstić information content (AvgIpc) is 2.92. The summed E-state index contributed by atoms with van der Waals surface area (Å²) in [4.78, 5) is 28.3. The van der Waals surface area contributed by atoms with Crippen molar-refractivity contribution in [1.29, 1.82) is 0 Å². The van der Waals surface area contributed by atoms with Crippen LogP contribution in [-0.4, -0.2) is 56.2 Å². The van der Waals surface area contributed by atoms with Crippen molar-refractivity contribution in [2.45, 2.75) is 0 Å². The molecule has 104 valence electrons. The number of rotatable bonds is 4. The van der Waals surface area contributed by atoms with Crippen LogP contribution in [0.15, 0.2) is 11.6 Å². The first-order valence-corrected chi connectivity index (χ1v) is 7.03. The Labute approximate surface area is 115 Å². The number of nitrogens with one attached hydrogen (secondary N) is 3. The summed E-state index contributed by atoms with van der Waals surface area (Å²) in [6.07, 6.45) is 1.57. The third-order valence-electron chi connectivity index (χ3n) is 2.82. The Hall–Kier alpha value is -1.51. The molecule has 1 fully saturated rings. The first-order valence-electron chi connectivity index (χ1n) is 6.15. The number of ether oxygens (including phenoxy) is 1. The number of amides is 2. The van der Waals surface area contributed by atoms with Gasteiger partial charge in [-0.05, 0) is 0 Å². The Balaban J connectivity index is 1.64. The molecule has 0 spiro atoms. The van der Waals surface area contributed by atoms with E-state index in [4.69, 9.17) is 4.74 Å². The van der Waals surface area contributed by atoms with E-state index >= 15 is 0 Å². The molecule has 2 rings (SSSR count). The fourth-order valence-corrected chi connectivity index (χ4v) is 2.31. The van der Waals surface area contributed by atoms with Gasteiger partial charge in [-0.2, -0.15) is 0 Å². The molecule has 0 saturated carbocycles. The Morgan fingerprint density at radius 3 is 2.84 bits per heavy atom. The molecule has 2 amide bonds. The van der Waals surface area contributed by atoms with Gasteiger partial charge in [0.2, 0.25) is 0 Å². The summed E-state index contributed by atoms with van der Waals surface area (Å²) in [5.74, 6) is -1.30. The third kappa shape index (κ3) is 4.58. The Morgan fingerprint density at radius 2 is 2.16 bits per heavy atom. The maximum absolute atomic E-state index is 11.5. The molecule has 1 aliphatic rings. The molecular formula is C11H17N4O3S+. The van der Waals surface area contributed by atoms with Crippen LogP contribution in [0, 0.1) is 0 Å². The first-order chi connectivity index (χ1) is 9.25. The van der Waals surface area contributed by atoms with E-state index in [1.807, 2.05) is 0 Å². The molecule has 3 N–H and O–H groups in total. The number of hydrogen-bond acceptors (Lipinski definition) is 5. The fraction of sp³-hybridized carbons (Fsp3) is 0.545. The van der Waals surface area contributed by atoms with Crippen LogP contribution in [0.3, 0.4) is 0 Å². The van der Waals surface area contributed by atoms with Gasteiger partial charge in [0.05, 0.1) is 26.3 Å². The topological polar surface area (TPSA) is 84.8 Å². The second kappa shape index (κ2) is 7.17. The number of anilines is 1. The average molecular weight is 285 g/mol. The molecule has 2 heterocycles. The zero-order valence-corrected chi connectivity index (χ0v) is 11.3. The number of hydrogen-bond donors (Lipinski definition) is 3. The lowest BCUT2D eigenvalue weighted by Crippen LogP contribution is -3.14. The van der Waals surface area contributed by atoms with Crippen molar-refractivity contribution in [2.24, 2.45) is 0 Å². The molecular weight excluding hydrogens is 268 g/mol. The van der Waals surface area contributed by atoms with Crippen LogP contribution >= 0.6 is 11.3 Å². The van der Waals surface area contributed by atoms with Crippen LogP contribution in [0.1, 0.15) is 0 Å². The molecule has 0 unspecified atom stereocenters. The standard InChI is InChI=1S/C11H16N4O3S/c16-9(10(17)14-11-13-2-8-19-11)12-1-3-15-4-6-18-7-5-15/h2,8H,1,3-7H2,(H,12,16)(H,13,14,17)/p+1. The van der Waals surface area contributed by atoms with Crippen LogP contribution in [0.25, 0.3) is 0 Å². The molecule has 0 bridgehead atoms. The van der Waals surface area contributed by atoms with E-state index in [9.17, 15) is 9.59 Å². The number of quaternary nitrogens is 1. The predicted molar refractivity (Wildman–Crippen MR) is 70.1 cm³/mol. The van der Waals surface area contributed by atoms with Crippen LogP contribution in [0.4, 0.5) is 5.13 Å². The van der Waals surface area contributed by atoms with E-state index in [0.29, 0.717) is 11.7 Å². The molecule has 1 aromatic rings. The maximum Gasteiger partial charge on any atom is 0.315 e. The van der Waals surface area contributed by atoms with Gasteiger partial charge in [-0.3, -0.25) is 14.9 Å². The molecule has 0 radical (unpaired) electrons. The SMILES string of the molecule is O=C(NCC[NH+]1CCOCC1)C(=O)Nc1nccs1. The highest BCUT2D eigenvalue weighted by molar-refractivity contribution is 7.13. The number of aromatic nitrogens is 1. The van der Waals surface area contributed by atoms with Crippen LogP contribution in [0.5, 0.6) is 0 Å². The second-order valence-corrected chi connectivity index (χ2v) is 5.05. The summed E-state index contributed by atoms with van der Waals surface area (Å²) in [5, 5.41) is 7.21. The minimum atomic E-state index is -0.674. The molecule has 0 aliphatic carbocycles. The van der Waals surface area contributed by atoms with Crippen molar-refractivity contribution in [3.8, 4) is 0 Å². The summed E-state index contributed by atoms with van der Waals surface area (Å²) in [6, 6.07) is 0. The lowest BCUT2D eigenvalue weighted by atomic mass is 10.4. The summed E-state index contributed by atoms with van der Waals surface area (Å²) >= 11 is 1.27. The zero-order chi connectivity index (χ0) is 13.5. The van der Waals surface area contributed by atoms with Crippen molar-refractivity contribution in [3.63, 3.8) is 0 Å². The van der Waals surface area contributed by atoms with E-state index in [1.54, 1.807) is 11.6 Å². The molecule has 8 heteroatoms. The molecule has 0 aromatic carbocycles.